The molecule has 0 aromatic carbocycles. The van der Waals surface area contributed by atoms with Crippen molar-refractivity contribution in [3.05, 3.63) is 22.4 Å². The van der Waals surface area contributed by atoms with Gasteiger partial charge in [0.2, 0.25) is 11.8 Å². The number of piperazine rings is 2. The number of aliphatic hydroxyl groups excluding tert-OH is 1. The second-order valence-corrected chi connectivity index (χ2v) is 6.45. The van der Waals surface area contributed by atoms with Crippen molar-refractivity contribution in [2.45, 2.75) is 25.1 Å². The Kier molecular flexibility index (Phi) is 3.88. The van der Waals surface area contributed by atoms with E-state index >= 15 is 0 Å². The molecule has 7 nitrogen and oxygen atoms in total. The maximum atomic E-state index is 12.4. The Labute approximate surface area is 131 Å². The fourth-order valence-electron chi connectivity index (χ4n) is 2.83. The van der Waals surface area contributed by atoms with Crippen molar-refractivity contribution >= 4 is 29.1 Å². The molecule has 2 saturated heterocycles. The molecule has 0 unspecified atom stereocenters. The molecule has 1 aromatic heterocycles. The molecule has 8 heteroatoms. The second kappa shape index (κ2) is 5.69. The predicted molar refractivity (Wildman–Crippen MR) is 79.3 cm³/mol. The monoisotopic (exact) mass is 323 g/mol. The number of carbonyl (C=O) groups is 3. The first kappa shape index (κ1) is 15.0. The lowest BCUT2D eigenvalue weighted by molar-refractivity contribution is -0.155. The molecule has 3 heterocycles. The SMILES string of the molecule is C[C@H](O)[C@H]1NC(=O)[C@H]2CN(C(=O)c3cccs3)CCN2C1=O. The van der Waals surface area contributed by atoms with Crippen molar-refractivity contribution in [1.29, 1.82) is 0 Å². The molecule has 0 spiro atoms. The maximum absolute atomic E-state index is 12.4. The van der Waals surface area contributed by atoms with Gasteiger partial charge in [0.25, 0.3) is 5.91 Å². The number of nitrogens with zero attached hydrogens (tertiary/aromatic N) is 2. The van der Waals surface area contributed by atoms with Gasteiger partial charge in [-0.25, -0.2) is 0 Å². The van der Waals surface area contributed by atoms with Crippen LogP contribution < -0.4 is 5.32 Å². The van der Waals surface area contributed by atoms with Gasteiger partial charge in [0.15, 0.2) is 0 Å². The standard InChI is InChI=1S/C14H17N3O4S/c1-8(18)11-14(21)17-5-4-16(7-9(17)12(19)15-11)13(20)10-3-2-6-22-10/h2-3,6,8-9,11,18H,4-5,7H2,1H3,(H,15,19)/t8-,9+,11+/m0/s1. The van der Waals surface area contributed by atoms with E-state index in [9.17, 15) is 19.5 Å². The summed E-state index contributed by atoms with van der Waals surface area (Å²) in [6, 6.07) is 1.97. The number of rotatable bonds is 2. The number of carbonyl (C=O) groups excluding carboxylic acids is 3. The molecule has 2 aliphatic heterocycles. The summed E-state index contributed by atoms with van der Waals surface area (Å²) in [5, 5.41) is 14.0. The van der Waals surface area contributed by atoms with E-state index in [1.165, 1.54) is 23.2 Å². The first-order valence-electron chi connectivity index (χ1n) is 7.10. The molecule has 0 radical (unpaired) electrons. The Morgan fingerprint density at radius 3 is 2.86 bits per heavy atom. The molecular formula is C14H17N3O4S. The summed E-state index contributed by atoms with van der Waals surface area (Å²) >= 11 is 1.35. The maximum Gasteiger partial charge on any atom is 0.264 e. The van der Waals surface area contributed by atoms with Crippen LogP contribution in [-0.4, -0.2) is 70.4 Å². The zero-order chi connectivity index (χ0) is 15.9. The molecule has 0 saturated carbocycles. The van der Waals surface area contributed by atoms with E-state index < -0.39 is 18.2 Å². The molecule has 3 atom stereocenters. The number of amides is 3. The summed E-state index contributed by atoms with van der Waals surface area (Å²) in [6.07, 6.45) is -0.941. The van der Waals surface area contributed by atoms with Crippen LogP contribution in [0.5, 0.6) is 0 Å². The van der Waals surface area contributed by atoms with Gasteiger partial charge in [-0.1, -0.05) is 6.07 Å². The van der Waals surface area contributed by atoms with Crippen molar-refractivity contribution in [2.24, 2.45) is 0 Å². The molecule has 2 fully saturated rings. The summed E-state index contributed by atoms with van der Waals surface area (Å²) in [7, 11) is 0. The lowest BCUT2D eigenvalue weighted by Crippen LogP contribution is -2.71. The molecule has 3 rings (SSSR count). The van der Waals surface area contributed by atoms with Crippen LogP contribution in [0.15, 0.2) is 17.5 Å². The largest absolute Gasteiger partial charge is 0.391 e. The molecule has 2 aliphatic rings. The zero-order valence-corrected chi connectivity index (χ0v) is 12.9. The summed E-state index contributed by atoms with van der Waals surface area (Å²) < 4.78 is 0. The topological polar surface area (TPSA) is 89.9 Å². The Balaban J connectivity index is 1.75. The normalized spacial score (nSPS) is 26.5. The molecule has 0 bridgehead atoms. The molecule has 118 valence electrons. The van der Waals surface area contributed by atoms with Gasteiger partial charge in [-0.3, -0.25) is 14.4 Å². The zero-order valence-electron chi connectivity index (χ0n) is 12.1. The molecule has 2 N–H and O–H groups in total. The highest BCUT2D eigenvalue weighted by Gasteiger charge is 2.45. The van der Waals surface area contributed by atoms with Gasteiger partial charge in [0.1, 0.15) is 12.1 Å². The van der Waals surface area contributed by atoms with Crippen LogP contribution in [0.1, 0.15) is 16.6 Å². The van der Waals surface area contributed by atoms with Gasteiger partial charge >= 0.3 is 0 Å². The third-order valence-corrected chi connectivity index (χ3v) is 4.89. The summed E-state index contributed by atoms with van der Waals surface area (Å²) in [5.74, 6) is -0.732. The number of fused-ring (bicyclic) bond motifs is 1. The van der Waals surface area contributed by atoms with Crippen LogP contribution in [0.25, 0.3) is 0 Å². The van der Waals surface area contributed by atoms with Crippen LogP contribution in [0.2, 0.25) is 0 Å². The van der Waals surface area contributed by atoms with Gasteiger partial charge < -0.3 is 20.2 Å². The first-order chi connectivity index (χ1) is 10.5. The van der Waals surface area contributed by atoms with Gasteiger partial charge in [-0.2, -0.15) is 0 Å². The van der Waals surface area contributed by atoms with Crippen LogP contribution in [0.4, 0.5) is 0 Å². The van der Waals surface area contributed by atoms with Crippen molar-refractivity contribution in [2.75, 3.05) is 19.6 Å². The number of hydrogen-bond donors (Lipinski definition) is 2. The van der Waals surface area contributed by atoms with E-state index in [4.69, 9.17) is 0 Å². The van der Waals surface area contributed by atoms with Gasteiger partial charge in [-0.05, 0) is 18.4 Å². The van der Waals surface area contributed by atoms with E-state index in [1.807, 2.05) is 5.38 Å². The number of nitrogens with one attached hydrogen (secondary N) is 1. The highest BCUT2D eigenvalue weighted by Crippen LogP contribution is 2.20. The lowest BCUT2D eigenvalue weighted by atomic mass is 10.0. The Bertz CT molecular complexity index is 601. The van der Waals surface area contributed by atoms with Gasteiger partial charge in [0.05, 0.1) is 17.5 Å². The minimum Gasteiger partial charge on any atom is -0.391 e. The van der Waals surface area contributed by atoms with Gasteiger partial charge in [-0.15, -0.1) is 11.3 Å². The lowest BCUT2D eigenvalue weighted by Gasteiger charge is -2.45. The average molecular weight is 323 g/mol. The molecule has 22 heavy (non-hydrogen) atoms. The fourth-order valence-corrected chi connectivity index (χ4v) is 3.52. The quantitative estimate of drug-likeness (QED) is 0.752. The summed E-state index contributed by atoms with van der Waals surface area (Å²) in [4.78, 5) is 40.5. The van der Waals surface area contributed by atoms with Crippen LogP contribution >= 0.6 is 11.3 Å². The number of thiophene rings is 1. The predicted octanol–water partition coefficient (Wildman–Crippen LogP) is -0.720. The van der Waals surface area contributed by atoms with E-state index in [0.29, 0.717) is 18.0 Å². The molecule has 3 amide bonds. The number of hydrogen-bond acceptors (Lipinski definition) is 5. The van der Waals surface area contributed by atoms with Gasteiger partial charge in [0, 0.05) is 13.1 Å². The minimum absolute atomic E-state index is 0.118. The highest BCUT2D eigenvalue weighted by atomic mass is 32.1. The fraction of sp³-hybridized carbons (Fsp3) is 0.500. The average Bonchev–Trinajstić information content (AvgIpc) is 3.03. The van der Waals surface area contributed by atoms with Crippen molar-refractivity contribution in [3.8, 4) is 0 Å². The smallest absolute Gasteiger partial charge is 0.264 e. The minimum atomic E-state index is -0.941. The summed E-state index contributed by atoms with van der Waals surface area (Å²) in [5.41, 5.74) is 0. The summed E-state index contributed by atoms with van der Waals surface area (Å²) in [6.45, 7) is 2.34. The van der Waals surface area contributed by atoms with E-state index in [0.717, 1.165) is 0 Å². The Morgan fingerprint density at radius 1 is 1.45 bits per heavy atom. The third kappa shape index (κ3) is 2.48. The van der Waals surface area contributed by atoms with Crippen molar-refractivity contribution < 1.29 is 19.5 Å². The molecule has 1 aromatic rings. The van der Waals surface area contributed by atoms with Crippen LogP contribution in [-0.2, 0) is 9.59 Å². The van der Waals surface area contributed by atoms with E-state index in [1.54, 1.807) is 17.0 Å². The Hall–Kier alpha value is -1.93. The van der Waals surface area contributed by atoms with E-state index in [2.05, 4.69) is 5.32 Å². The van der Waals surface area contributed by atoms with Crippen molar-refractivity contribution in [1.82, 2.24) is 15.1 Å². The van der Waals surface area contributed by atoms with Crippen LogP contribution in [0, 0.1) is 0 Å². The third-order valence-electron chi connectivity index (χ3n) is 4.03. The molecular weight excluding hydrogens is 306 g/mol. The van der Waals surface area contributed by atoms with Crippen LogP contribution in [0.3, 0.4) is 0 Å². The second-order valence-electron chi connectivity index (χ2n) is 5.50. The Morgan fingerprint density at radius 2 is 2.23 bits per heavy atom. The first-order valence-corrected chi connectivity index (χ1v) is 7.98. The number of aliphatic hydroxyl groups is 1. The van der Waals surface area contributed by atoms with Crippen molar-refractivity contribution in [3.63, 3.8) is 0 Å². The van der Waals surface area contributed by atoms with E-state index in [-0.39, 0.29) is 24.3 Å². The highest BCUT2D eigenvalue weighted by molar-refractivity contribution is 7.12. The molecule has 0 aliphatic carbocycles.